The summed E-state index contributed by atoms with van der Waals surface area (Å²) in [7, 11) is 0. The van der Waals surface area contributed by atoms with E-state index in [4.69, 9.17) is 4.74 Å². The summed E-state index contributed by atoms with van der Waals surface area (Å²) in [4.78, 5) is 24.6. The average molecular weight is 357 g/mol. The Morgan fingerprint density at radius 2 is 2.04 bits per heavy atom. The number of halogens is 3. The van der Waals surface area contributed by atoms with Crippen LogP contribution in [0.3, 0.4) is 0 Å². The van der Waals surface area contributed by atoms with Crippen LogP contribution in [0.1, 0.15) is 25.8 Å². The Morgan fingerprint density at radius 3 is 2.60 bits per heavy atom. The molecule has 2 rings (SSSR count). The Balaban J connectivity index is 2.12. The summed E-state index contributed by atoms with van der Waals surface area (Å²) < 4.78 is 43.5. The molecule has 0 saturated carbocycles. The van der Waals surface area contributed by atoms with Crippen molar-refractivity contribution in [3.63, 3.8) is 0 Å². The molecule has 0 aromatic heterocycles. The number of ether oxygens (including phenoxy) is 1. The van der Waals surface area contributed by atoms with Crippen molar-refractivity contribution in [1.29, 1.82) is 0 Å². The third-order valence-electron chi connectivity index (χ3n) is 3.66. The van der Waals surface area contributed by atoms with Gasteiger partial charge in [0.1, 0.15) is 17.6 Å². The number of hydrogen-bond donors (Lipinski definition) is 1. The summed E-state index contributed by atoms with van der Waals surface area (Å²) in [6, 6.07) is 3.28. The van der Waals surface area contributed by atoms with Gasteiger partial charge in [-0.25, -0.2) is 4.79 Å². The van der Waals surface area contributed by atoms with Crippen LogP contribution in [0.15, 0.2) is 36.1 Å². The SMILES string of the molecule is CC(C)C[C@@H](C(=O)O)N1CC(Oc2cccc(C(F)(F)F)c2)=CC1=O. The van der Waals surface area contributed by atoms with Crippen molar-refractivity contribution in [3.05, 3.63) is 41.7 Å². The highest BCUT2D eigenvalue weighted by atomic mass is 19.4. The van der Waals surface area contributed by atoms with Gasteiger partial charge in [0, 0.05) is 6.08 Å². The van der Waals surface area contributed by atoms with Gasteiger partial charge in [0.15, 0.2) is 0 Å². The summed E-state index contributed by atoms with van der Waals surface area (Å²) >= 11 is 0. The first-order valence-electron chi connectivity index (χ1n) is 7.67. The average Bonchev–Trinajstić information content (AvgIpc) is 2.84. The van der Waals surface area contributed by atoms with Gasteiger partial charge in [-0.05, 0) is 30.5 Å². The number of hydrogen-bond acceptors (Lipinski definition) is 3. The summed E-state index contributed by atoms with van der Waals surface area (Å²) in [6.45, 7) is 3.58. The maximum Gasteiger partial charge on any atom is 0.416 e. The first-order chi connectivity index (χ1) is 11.6. The fourth-order valence-corrected chi connectivity index (χ4v) is 2.53. The topological polar surface area (TPSA) is 66.8 Å². The molecular formula is C17H18F3NO4. The molecule has 1 aromatic carbocycles. The number of amides is 1. The molecule has 0 radical (unpaired) electrons. The molecule has 25 heavy (non-hydrogen) atoms. The van der Waals surface area contributed by atoms with E-state index in [1.165, 1.54) is 12.1 Å². The second-order valence-electron chi connectivity index (χ2n) is 6.19. The minimum Gasteiger partial charge on any atom is -0.480 e. The van der Waals surface area contributed by atoms with Crippen molar-refractivity contribution in [2.45, 2.75) is 32.5 Å². The lowest BCUT2D eigenvalue weighted by molar-refractivity contribution is -0.148. The molecule has 1 atom stereocenters. The zero-order valence-electron chi connectivity index (χ0n) is 13.7. The zero-order chi connectivity index (χ0) is 18.8. The first-order valence-corrected chi connectivity index (χ1v) is 7.67. The molecule has 0 aliphatic carbocycles. The number of aliphatic carboxylic acids is 1. The molecule has 1 amide bonds. The molecule has 1 aliphatic heterocycles. The third kappa shape index (κ3) is 4.74. The lowest BCUT2D eigenvalue weighted by Gasteiger charge is -2.25. The van der Waals surface area contributed by atoms with Gasteiger partial charge in [-0.3, -0.25) is 4.79 Å². The number of carboxylic acids is 1. The van der Waals surface area contributed by atoms with Crippen molar-refractivity contribution in [2.24, 2.45) is 5.92 Å². The van der Waals surface area contributed by atoms with Crippen molar-refractivity contribution >= 4 is 11.9 Å². The Hall–Kier alpha value is -2.51. The van der Waals surface area contributed by atoms with E-state index in [1.807, 2.05) is 13.8 Å². The number of benzene rings is 1. The molecule has 1 N–H and O–H groups in total. The van der Waals surface area contributed by atoms with Gasteiger partial charge in [0.05, 0.1) is 12.1 Å². The minimum absolute atomic E-state index is 0.0577. The molecule has 0 spiro atoms. The van der Waals surface area contributed by atoms with Crippen molar-refractivity contribution in [1.82, 2.24) is 4.90 Å². The van der Waals surface area contributed by atoms with E-state index in [2.05, 4.69) is 0 Å². The molecule has 1 aromatic rings. The van der Waals surface area contributed by atoms with Crippen LogP contribution in [0, 0.1) is 5.92 Å². The highest BCUT2D eigenvalue weighted by Crippen LogP contribution is 2.32. The fourth-order valence-electron chi connectivity index (χ4n) is 2.53. The molecule has 1 heterocycles. The van der Waals surface area contributed by atoms with E-state index < -0.39 is 29.7 Å². The first kappa shape index (κ1) is 18.8. The van der Waals surface area contributed by atoms with Crippen LogP contribution < -0.4 is 4.74 Å². The number of carbonyl (C=O) groups is 2. The van der Waals surface area contributed by atoms with Crippen molar-refractivity contribution < 1.29 is 32.6 Å². The quantitative estimate of drug-likeness (QED) is 0.848. The maximum atomic E-state index is 12.7. The summed E-state index contributed by atoms with van der Waals surface area (Å²) in [6.07, 6.45) is -3.13. The van der Waals surface area contributed by atoms with Crippen LogP contribution in [-0.4, -0.2) is 34.5 Å². The van der Waals surface area contributed by atoms with Gasteiger partial charge >= 0.3 is 12.1 Å². The van der Waals surface area contributed by atoms with E-state index in [0.717, 1.165) is 23.1 Å². The largest absolute Gasteiger partial charge is 0.480 e. The smallest absolute Gasteiger partial charge is 0.416 e. The van der Waals surface area contributed by atoms with Gasteiger partial charge in [0.2, 0.25) is 0 Å². The number of carbonyl (C=O) groups excluding carboxylic acids is 1. The van der Waals surface area contributed by atoms with Gasteiger partial charge in [-0.1, -0.05) is 19.9 Å². The molecule has 8 heteroatoms. The Labute approximate surface area is 142 Å². The van der Waals surface area contributed by atoms with Gasteiger partial charge < -0.3 is 14.7 Å². The molecule has 0 unspecified atom stereocenters. The second kappa shape index (κ2) is 7.16. The van der Waals surface area contributed by atoms with E-state index in [0.29, 0.717) is 0 Å². The van der Waals surface area contributed by atoms with Gasteiger partial charge in [0.25, 0.3) is 5.91 Å². The Bertz CT molecular complexity index is 697. The fraction of sp³-hybridized carbons (Fsp3) is 0.412. The molecule has 0 saturated heterocycles. The van der Waals surface area contributed by atoms with Crippen molar-refractivity contribution in [2.75, 3.05) is 6.54 Å². The van der Waals surface area contributed by atoms with E-state index >= 15 is 0 Å². The van der Waals surface area contributed by atoms with Crippen molar-refractivity contribution in [3.8, 4) is 5.75 Å². The lowest BCUT2D eigenvalue weighted by atomic mass is 10.0. The van der Waals surface area contributed by atoms with Crippen LogP contribution in [0.4, 0.5) is 13.2 Å². The van der Waals surface area contributed by atoms with E-state index in [-0.39, 0.29) is 30.4 Å². The predicted molar refractivity (Wildman–Crippen MR) is 82.7 cm³/mol. The molecule has 0 fully saturated rings. The number of rotatable bonds is 6. The van der Waals surface area contributed by atoms with Crippen LogP contribution in [0.5, 0.6) is 5.75 Å². The van der Waals surface area contributed by atoms with Gasteiger partial charge in [-0.2, -0.15) is 13.2 Å². The normalized spacial score (nSPS) is 16.2. The number of nitrogens with zero attached hydrogens (tertiary/aromatic N) is 1. The number of alkyl halides is 3. The number of carboxylic acid groups (broad SMARTS) is 1. The molecule has 136 valence electrons. The maximum absolute atomic E-state index is 12.7. The molecule has 0 bridgehead atoms. The summed E-state index contributed by atoms with van der Waals surface area (Å²) in [5.41, 5.74) is -0.866. The van der Waals surface area contributed by atoms with Gasteiger partial charge in [-0.15, -0.1) is 0 Å². The molecule has 1 aliphatic rings. The summed E-state index contributed by atoms with van der Waals surface area (Å²) in [5.74, 6) is -1.56. The van der Waals surface area contributed by atoms with Crippen LogP contribution in [-0.2, 0) is 15.8 Å². The standard InChI is InChI=1S/C17H18F3NO4/c1-10(2)6-14(16(23)24)21-9-13(8-15(21)22)25-12-5-3-4-11(7-12)17(18,19)20/h3-5,7-8,10,14H,6,9H2,1-2H3,(H,23,24)/t14-/m0/s1. The van der Waals surface area contributed by atoms with Crippen LogP contribution >= 0.6 is 0 Å². The van der Waals surface area contributed by atoms with Crippen LogP contribution in [0.25, 0.3) is 0 Å². The zero-order valence-corrected chi connectivity index (χ0v) is 13.7. The predicted octanol–water partition coefficient (Wildman–Crippen LogP) is 3.31. The highest BCUT2D eigenvalue weighted by Gasteiger charge is 2.35. The molecular weight excluding hydrogens is 339 g/mol. The monoisotopic (exact) mass is 357 g/mol. The van der Waals surface area contributed by atoms with E-state index in [9.17, 15) is 27.9 Å². The highest BCUT2D eigenvalue weighted by molar-refractivity contribution is 5.94. The Morgan fingerprint density at radius 1 is 1.36 bits per heavy atom. The van der Waals surface area contributed by atoms with E-state index in [1.54, 1.807) is 0 Å². The molecule has 5 nitrogen and oxygen atoms in total. The lowest BCUT2D eigenvalue weighted by Crippen LogP contribution is -2.43. The second-order valence-corrected chi connectivity index (χ2v) is 6.19. The minimum atomic E-state index is -4.50. The summed E-state index contributed by atoms with van der Waals surface area (Å²) in [5, 5.41) is 9.32. The Kier molecular flexibility index (Phi) is 5.39. The third-order valence-corrected chi connectivity index (χ3v) is 3.66. The van der Waals surface area contributed by atoms with Crippen LogP contribution in [0.2, 0.25) is 0 Å².